The van der Waals surface area contributed by atoms with E-state index in [1.54, 1.807) is 24.3 Å². The lowest BCUT2D eigenvalue weighted by Gasteiger charge is -2.07. The molecule has 0 fully saturated rings. The quantitative estimate of drug-likeness (QED) is 0.565. The minimum atomic E-state index is -0.247. The summed E-state index contributed by atoms with van der Waals surface area (Å²) in [5.41, 5.74) is 5.86. The molecule has 0 aliphatic heterocycles. The van der Waals surface area contributed by atoms with Gasteiger partial charge >= 0.3 is 5.97 Å². The molecule has 0 aliphatic rings. The van der Waals surface area contributed by atoms with E-state index in [2.05, 4.69) is 10.1 Å². The molecule has 1 amide bonds. The van der Waals surface area contributed by atoms with Crippen LogP contribution in [0.15, 0.2) is 24.3 Å². The minimum Gasteiger partial charge on any atom is -0.494 e. The predicted octanol–water partition coefficient (Wildman–Crippen LogP) is 0.916. The third-order valence-electron chi connectivity index (χ3n) is 2.35. The maximum Gasteiger partial charge on any atom is 0.305 e. The number of amides is 1. The van der Waals surface area contributed by atoms with E-state index in [1.807, 2.05) is 0 Å². The number of nitrogens with one attached hydrogen (secondary N) is 1. The highest BCUT2D eigenvalue weighted by Gasteiger charge is 2.01. The van der Waals surface area contributed by atoms with E-state index in [0.29, 0.717) is 30.9 Å². The molecule has 6 nitrogen and oxygen atoms in total. The van der Waals surface area contributed by atoms with Crippen molar-refractivity contribution < 1.29 is 19.1 Å². The molecule has 1 rings (SSSR count). The number of rotatable bonds is 7. The zero-order valence-corrected chi connectivity index (χ0v) is 10.8. The lowest BCUT2D eigenvalue weighted by molar-refractivity contribution is -0.140. The topological polar surface area (TPSA) is 90.6 Å². The Bertz CT molecular complexity index is 417. The van der Waals surface area contributed by atoms with Gasteiger partial charge in [-0.3, -0.25) is 9.59 Å². The number of hydrogen-bond acceptors (Lipinski definition) is 5. The van der Waals surface area contributed by atoms with Gasteiger partial charge in [-0.2, -0.15) is 0 Å². The number of ether oxygens (including phenoxy) is 2. The highest BCUT2D eigenvalue weighted by Crippen LogP contribution is 2.15. The molecule has 0 aromatic heterocycles. The number of hydrogen-bond donors (Lipinski definition) is 2. The molecule has 0 bridgehead atoms. The van der Waals surface area contributed by atoms with Crippen LogP contribution in [0.1, 0.15) is 12.8 Å². The van der Waals surface area contributed by atoms with Gasteiger partial charge in [-0.1, -0.05) is 0 Å². The molecule has 104 valence electrons. The summed E-state index contributed by atoms with van der Waals surface area (Å²) in [5, 5.41) is 2.63. The minimum absolute atomic E-state index is 0.0498. The van der Waals surface area contributed by atoms with Gasteiger partial charge in [0.25, 0.3) is 0 Å². The van der Waals surface area contributed by atoms with Gasteiger partial charge in [-0.25, -0.2) is 0 Å². The molecule has 0 unspecified atom stereocenters. The lowest BCUT2D eigenvalue weighted by Crippen LogP contribution is -2.21. The second kappa shape index (κ2) is 8.10. The number of esters is 1. The summed E-state index contributed by atoms with van der Waals surface area (Å²) >= 11 is 0. The van der Waals surface area contributed by atoms with Crippen molar-refractivity contribution in [1.82, 2.24) is 0 Å². The van der Waals surface area contributed by atoms with Crippen LogP contribution in [0.2, 0.25) is 0 Å². The van der Waals surface area contributed by atoms with Gasteiger partial charge in [0.15, 0.2) is 0 Å². The summed E-state index contributed by atoms with van der Waals surface area (Å²) in [6, 6.07) is 6.93. The Morgan fingerprint density at radius 2 is 1.95 bits per heavy atom. The number of methoxy groups -OCH3 is 1. The second-order valence-corrected chi connectivity index (χ2v) is 3.80. The normalized spacial score (nSPS) is 9.79. The molecular weight excluding hydrogens is 248 g/mol. The van der Waals surface area contributed by atoms with E-state index < -0.39 is 0 Å². The Labute approximate surface area is 111 Å². The van der Waals surface area contributed by atoms with Gasteiger partial charge < -0.3 is 20.5 Å². The number of benzene rings is 1. The van der Waals surface area contributed by atoms with E-state index in [1.165, 1.54) is 7.11 Å². The molecular formula is C13H18N2O4. The van der Waals surface area contributed by atoms with Crippen LogP contribution in [0.25, 0.3) is 0 Å². The third kappa shape index (κ3) is 5.87. The van der Waals surface area contributed by atoms with E-state index in [0.717, 1.165) is 0 Å². The first-order chi connectivity index (χ1) is 9.15. The van der Waals surface area contributed by atoms with Gasteiger partial charge in [0, 0.05) is 12.1 Å². The van der Waals surface area contributed by atoms with Crippen LogP contribution in [0.3, 0.4) is 0 Å². The Kier molecular flexibility index (Phi) is 6.38. The fraction of sp³-hybridized carbons (Fsp3) is 0.385. The highest BCUT2D eigenvalue weighted by atomic mass is 16.5. The largest absolute Gasteiger partial charge is 0.494 e. The Morgan fingerprint density at radius 3 is 2.53 bits per heavy atom. The average Bonchev–Trinajstić information content (AvgIpc) is 2.44. The van der Waals surface area contributed by atoms with Crippen molar-refractivity contribution in [2.45, 2.75) is 12.8 Å². The fourth-order valence-electron chi connectivity index (χ4n) is 1.36. The number of carbonyl (C=O) groups is 2. The Balaban J connectivity index is 2.32. The highest BCUT2D eigenvalue weighted by molar-refractivity contribution is 5.92. The first-order valence-electron chi connectivity index (χ1n) is 5.95. The molecule has 19 heavy (non-hydrogen) atoms. The first-order valence-corrected chi connectivity index (χ1v) is 5.95. The van der Waals surface area contributed by atoms with Crippen LogP contribution in [-0.4, -0.2) is 32.1 Å². The Hall–Kier alpha value is -2.08. The van der Waals surface area contributed by atoms with Gasteiger partial charge in [-0.05, 0) is 30.7 Å². The van der Waals surface area contributed by atoms with Gasteiger partial charge in [0.2, 0.25) is 5.91 Å². The predicted molar refractivity (Wildman–Crippen MR) is 70.9 cm³/mol. The zero-order chi connectivity index (χ0) is 14.1. The summed E-state index contributed by atoms with van der Waals surface area (Å²) in [7, 11) is 1.36. The summed E-state index contributed by atoms with van der Waals surface area (Å²) in [6.45, 7) is 0.384. The maximum absolute atomic E-state index is 11.1. The molecule has 0 atom stereocenters. The molecule has 0 spiro atoms. The van der Waals surface area contributed by atoms with Gasteiger partial charge in [0.1, 0.15) is 5.75 Å². The zero-order valence-electron chi connectivity index (χ0n) is 10.8. The van der Waals surface area contributed by atoms with E-state index in [-0.39, 0.29) is 18.4 Å². The molecule has 6 heteroatoms. The molecule has 1 aromatic rings. The van der Waals surface area contributed by atoms with Gasteiger partial charge in [0.05, 0.1) is 20.3 Å². The molecule has 0 saturated carbocycles. The molecule has 0 radical (unpaired) electrons. The molecule has 0 heterocycles. The first kappa shape index (κ1) is 15.0. The summed E-state index contributed by atoms with van der Waals surface area (Å²) in [5.74, 6) is 0.186. The van der Waals surface area contributed by atoms with Gasteiger partial charge in [-0.15, -0.1) is 0 Å². The average molecular weight is 266 g/mol. The third-order valence-corrected chi connectivity index (χ3v) is 2.35. The fourth-order valence-corrected chi connectivity index (χ4v) is 1.36. The SMILES string of the molecule is COC(=O)CCCOc1ccc(NC(=O)CN)cc1. The van der Waals surface area contributed by atoms with Crippen molar-refractivity contribution in [2.24, 2.45) is 5.73 Å². The molecule has 1 aromatic carbocycles. The summed E-state index contributed by atoms with van der Waals surface area (Å²) in [4.78, 5) is 21.9. The Morgan fingerprint density at radius 1 is 1.26 bits per heavy atom. The number of anilines is 1. The van der Waals surface area contributed by atoms with E-state index in [9.17, 15) is 9.59 Å². The van der Waals surface area contributed by atoms with Crippen molar-refractivity contribution in [2.75, 3.05) is 25.6 Å². The van der Waals surface area contributed by atoms with Crippen molar-refractivity contribution in [3.05, 3.63) is 24.3 Å². The maximum atomic E-state index is 11.1. The van der Waals surface area contributed by atoms with Crippen LogP contribution >= 0.6 is 0 Å². The smallest absolute Gasteiger partial charge is 0.305 e. The number of carbonyl (C=O) groups excluding carboxylic acids is 2. The van der Waals surface area contributed by atoms with E-state index >= 15 is 0 Å². The van der Waals surface area contributed by atoms with Crippen LogP contribution in [0.4, 0.5) is 5.69 Å². The van der Waals surface area contributed by atoms with Crippen LogP contribution in [-0.2, 0) is 14.3 Å². The van der Waals surface area contributed by atoms with Crippen LogP contribution in [0.5, 0.6) is 5.75 Å². The summed E-state index contributed by atoms with van der Waals surface area (Å²) in [6.07, 6.45) is 0.930. The van der Waals surface area contributed by atoms with Crippen molar-refractivity contribution in [3.8, 4) is 5.75 Å². The second-order valence-electron chi connectivity index (χ2n) is 3.80. The van der Waals surface area contributed by atoms with Crippen molar-refractivity contribution in [1.29, 1.82) is 0 Å². The molecule has 0 aliphatic carbocycles. The van der Waals surface area contributed by atoms with E-state index in [4.69, 9.17) is 10.5 Å². The summed E-state index contributed by atoms with van der Waals surface area (Å²) < 4.78 is 9.96. The molecule has 0 saturated heterocycles. The van der Waals surface area contributed by atoms with Crippen LogP contribution < -0.4 is 15.8 Å². The van der Waals surface area contributed by atoms with Crippen molar-refractivity contribution in [3.63, 3.8) is 0 Å². The standard InChI is InChI=1S/C13H18N2O4/c1-18-13(17)3-2-8-19-11-6-4-10(5-7-11)15-12(16)9-14/h4-7H,2-3,8-9,14H2,1H3,(H,15,16). The molecule has 3 N–H and O–H groups in total. The van der Waals surface area contributed by atoms with Crippen molar-refractivity contribution >= 4 is 17.6 Å². The number of nitrogens with two attached hydrogens (primary N) is 1. The monoisotopic (exact) mass is 266 g/mol. The lowest BCUT2D eigenvalue weighted by atomic mass is 10.3. The van der Waals surface area contributed by atoms with Crippen LogP contribution in [0, 0.1) is 0 Å².